The first-order chi connectivity index (χ1) is 12.2. The molecule has 0 aliphatic heterocycles. The van der Waals surface area contributed by atoms with Crippen LogP contribution in [0.2, 0.25) is 0 Å². The van der Waals surface area contributed by atoms with Gasteiger partial charge in [0.1, 0.15) is 0 Å². The van der Waals surface area contributed by atoms with E-state index < -0.39 is 5.91 Å². The number of ether oxygens (including phenoxy) is 3. The van der Waals surface area contributed by atoms with Crippen molar-refractivity contribution in [3.8, 4) is 11.5 Å². The first kappa shape index (κ1) is 17.2. The minimum Gasteiger partial charge on any atom is -0.493 e. The highest BCUT2D eigenvalue weighted by Crippen LogP contribution is 2.33. The molecule has 0 fully saturated rings. The number of carbonyl (C=O) groups is 1. The predicted molar refractivity (Wildman–Crippen MR) is 93.4 cm³/mol. The number of hydrogen-bond donors (Lipinski definition) is 0. The van der Waals surface area contributed by atoms with Crippen molar-refractivity contribution >= 4 is 27.5 Å². The third-order valence-electron chi connectivity index (χ3n) is 3.64. The second kappa shape index (κ2) is 7.54. The summed E-state index contributed by atoms with van der Waals surface area (Å²) in [6.07, 6.45) is 1.45. The SMILES string of the molecule is COCCn1c(=NC(=O)c2ccco2)sc2cc(OC)c(OC)cc21. The molecule has 0 bridgehead atoms. The number of furan rings is 1. The Labute approximate surface area is 148 Å². The highest BCUT2D eigenvalue weighted by molar-refractivity contribution is 7.16. The Morgan fingerprint density at radius 1 is 1.24 bits per heavy atom. The van der Waals surface area contributed by atoms with Gasteiger partial charge in [0.15, 0.2) is 22.1 Å². The van der Waals surface area contributed by atoms with Crippen LogP contribution in [0.4, 0.5) is 0 Å². The van der Waals surface area contributed by atoms with E-state index in [-0.39, 0.29) is 5.76 Å². The van der Waals surface area contributed by atoms with Gasteiger partial charge in [-0.3, -0.25) is 4.79 Å². The summed E-state index contributed by atoms with van der Waals surface area (Å²) in [7, 11) is 4.80. The molecule has 3 rings (SSSR count). The van der Waals surface area contributed by atoms with E-state index in [1.165, 1.54) is 17.6 Å². The smallest absolute Gasteiger partial charge is 0.315 e. The van der Waals surface area contributed by atoms with Crippen molar-refractivity contribution in [1.29, 1.82) is 0 Å². The molecule has 0 N–H and O–H groups in total. The average Bonchev–Trinajstić information content (AvgIpc) is 3.26. The highest BCUT2D eigenvalue weighted by Gasteiger charge is 2.14. The van der Waals surface area contributed by atoms with Gasteiger partial charge in [-0.25, -0.2) is 0 Å². The monoisotopic (exact) mass is 362 g/mol. The second-order valence-corrected chi connectivity index (χ2v) is 6.11. The molecule has 0 saturated carbocycles. The molecular formula is C17H18N2O5S. The van der Waals surface area contributed by atoms with Crippen LogP contribution in [0.15, 0.2) is 39.9 Å². The number of nitrogens with zero attached hydrogens (tertiary/aromatic N) is 2. The van der Waals surface area contributed by atoms with Gasteiger partial charge >= 0.3 is 5.91 Å². The number of methoxy groups -OCH3 is 3. The summed E-state index contributed by atoms with van der Waals surface area (Å²) in [6.45, 7) is 1.04. The summed E-state index contributed by atoms with van der Waals surface area (Å²) in [6, 6.07) is 6.99. The van der Waals surface area contributed by atoms with Crippen LogP contribution in [-0.2, 0) is 11.3 Å². The lowest BCUT2D eigenvalue weighted by Gasteiger charge is -2.09. The fourth-order valence-electron chi connectivity index (χ4n) is 2.42. The lowest BCUT2D eigenvalue weighted by molar-refractivity contribution is 0.0971. The maximum Gasteiger partial charge on any atom is 0.315 e. The van der Waals surface area contributed by atoms with Gasteiger partial charge in [-0.1, -0.05) is 11.3 Å². The van der Waals surface area contributed by atoms with Crippen molar-refractivity contribution < 1.29 is 23.4 Å². The lowest BCUT2D eigenvalue weighted by Crippen LogP contribution is -2.19. The van der Waals surface area contributed by atoms with Gasteiger partial charge in [-0.15, -0.1) is 0 Å². The van der Waals surface area contributed by atoms with E-state index in [1.807, 2.05) is 16.7 Å². The number of benzene rings is 1. The van der Waals surface area contributed by atoms with Gasteiger partial charge in [-0.2, -0.15) is 4.99 Å². The molecule has 1 amide bonds. The summed E-state index contributed by atoms with van der Waals surface area (Å²) in [5.41, 5.74) is 0.894. The number of hydrogen-bond acceptors (Lipinski definition) is 6. The largest absolute Gasteiger partial charge is 0.493 e. The van der Waals surface area contributed by atoms with E-state index in [0.29, 0.717) is 29.5 Å². The van der Waals surface area contributed by atoms with Gasteiger partial charge in [0.2, 0.25) is 0 Å². The highest BCUT2D eigenvalue weighted by atomic mass is 32.1. The lowest BCUT2D eigenvalue weighted by atomic mass is 10.3. The third-order valence-corrected chi connectivity index (χ3v) is 4.68. The van der Waals surface area contributed by atoms with Crippen molar-refractivity contribution in [3.05, 3.63) is 41.1 Å². The molecule has 1 aromatic carbocycles. The molecular weight excluding hydrogens is 344 g/mol. The zero-order chi connectivity index (χ0) is 17.8. The van der Waals surface area contributed by atoms with Crippen LogP contribution in [0.3, 0.4) is 0 Å². The van der Waals surface area contributed by atoms with Gasteiger partial charge in [0.25, 0.3) is 0 Å². The molecule has 132 valence electrons. The predicted octanol–water partition coefficient (Wildman–Crippen LogP) is 2.70. The molecule has 0 aliphatic carbocycles. The van der Waals surface area contributed by atoms with Crippen LogP contribution < -0.4 is 14.3 Å². The number of amides is 1. The number of fused-ring (bicyclic) bond motifs is 1. The second-order valence-electron chi connectivity index (χ2n) is 5.10. The topological polar surface area (TPSA) is 75.2 Å². The van der Waals surface area contributed by atoms with Crippen LogP contribution >= 0.6 is 11.3 Å². The molecule has 25 heavy (non-hydrogen) atoms. The standard InChI is InChI=1S/C17H18N2O5S/c1-21-8-6-19-11-9-13(22-2)14(23-3)10-15(11)25-17(19)18-16(20)12-5-4-7-24-12/h4-5,7,9-10H,6,8H2,1-3H3. The Hall–Kier alpha value is -2.58. The molecule has 3 aromatic rings. The van der Waals surface area contributed by atoms with E-state index in [0.717, 1.165) is 10.2 Å². The Balaban J connectivity index is 2.17. The van der Waals surface area contributed by atoms with Crippen LogP contribution in [0.1, 0.15) is 10.6 Å². The minimum absolute atomic E-state index is 0.200. The summed E-state index contributed by atoms with van der Waals surface area (Å²) in [4.78, 5) is 17.0. The molecule has 7 nitrogen and oxygen atoms in total. The molecule has 0 unspecified atom stereocenters. The number of rotatable bonds is 6. The molecule has 0 saturated heterocycles. The Kier molecular flexibility index (Phi) is 5.20. The zero-order valence-electron chi connectivity index (χ0n) is 14.1. The maximum atomic E-state index is 12.3. The molecule has 2 heterocycles. The van der Waals surface area contributed by atoms with E-state index in [1.54, 1.807) is 33.5 Å². The fourth-order valence-corrected chi connectivity index (χ4v) is 3.49. The van der Waals surface area contributed by atoms with Crippen molar-refractivity contribution in [1.82, 2.24) is 4.57 Å². The van der Waals surface area contributed by atoms with Gasteiger partial charge < -0.3 is 23.2 Å². The number of carbonyl (C=O) groups excluding carboxylic acids is 1. The van der Waals surface area contributed by atoms with Crippen molar-refractivity contribution in [2.75, 3.05) is 27.9 Å². The zero-order valence-corrected chi connectivity index (χ0v) is 15.0. The van der Waals surface area contributed by atoms with Gasteiger partial charge in [0, 0.05) is 25.8 Å². The number of thiazole rings is 1. The summed E-state index contributed by atoms with van der Waals surface area (Å²) < 4.78 is 23.9. The Morgan fingerprint density at radius 2 is 2.00 bits per heavy atom. The summed E-state index contributed by atoms with van der Waals surface area (Å²) >= 11 is 1.39. The van der Waals surface area contributed by atoms with E-state index in [2.05, 4.69) is 4.99 Å². The van der Waals surface area contributed by atoms with Gasteiger partial charge in [0.05, 0.1) is 37.3 Å². The first-order valence-corrected chi connectivity index (χ1v) is 8.36. The van der Waals surface area contributed by atoms with Crippen LogP contribution in [0.25, 0.3) is 10.2 Å². The first-order valence-electron chi connectivity index (χ1n) is 7.54. The van der Waals surface area contributed by atoms with Crippen LogP contribution in [0, 0.1) is 0 Å². The third kappa shape index (κ3) is 3.45. The molecule has 8 heteroatoms. The van der Waals surface area contributed by atoms with Crippen molar-refractivity contribution in [2.45, 2.75) is 6.54 Å². The average molecular weight is 362 g/mol. The Bertz CT molecular complexity index is 940. The molecule has 0 aliphatic rings. The normalized spacial score (nSPS) is 11.9. The fraction of sp³-hybridized carbons (Fsp3) is 0.294. The molecule has 2 aromatic heterocycles. The summed E-state index contributed by atoms with van der Waals surface area (Å²) in [5.74, 6) is 1.01. The van der Waals surface area contributed by atoms with E-state index >= 15 is 0 Å². The summed E-state index contributed by atoms with van der Waals surface area (Å²) in [5, 5.41) is 0. The van der Waals surface area contributed by atoms with Crippen LogP contribution in [0.5, 0.6) is 11.5 Å². The molecule has 0 atom stereocenters. The Morgan fingerprint density at radius 3 is 2.64 bits per heavy atom. The van der Waals surface area contributed by atoms with Crippen molar-refractivity contribution in [3.63, 3.8) is 0 Å². The molecule has 0 radical (unpaired) electrons. The maximum absolute atomic E-state index is 12.3. The minimum atomic E-state index is -0.429. The quantitative estimate of drug-likeness (QED) is 0.674. The van der Waals surface area contributed by atoms with Crippen LogP contribution in [-0.4, -0.2) is 38.4 Å². The van der Waals surface area contributed by atoms with Gasteiger partial charge in [-0.05, 0) is 12.1 Å². The van der Waals surface area contributed by atoms with E-state index in [9.17, 15) is 4.79 Å². The van der Waals surface area contributed by atoms with Crippen molar-refractivity contribution in [2.24, 2.45) is 4.99 Å². The molecule has 0 spiro atoms. The number of aromatic nitrogens is 1. The van der Waals surface area contributed by atoms with E-state index in [4.69, 9.17) is 18.6 Å².